The lowest BCUT2D eigenvalue weighted by Gasteiger charge is -2.17. The highest BCUT2D eigenvalue weighted by Gasteiger charge is 2.25. The first-order valence-electron chi connectivity index (χ1n) is 23.7. The maximum absolute atomic E-state index is 5.53. The fourth-order valence-corrected chi connectivity index (χ4v) is 10.9. The molecule has 1 aliphatic rings. The number of fused-ring (bicyclic) bond motifs is 2. The monoisotopic (exact) mass is 978 g/mol. The van der Waals surface area contributed by atoms with Crippen LogP contribution < -0.4 is 29.6 Å². The standard InChI is InChI=1S/C29H34N4O2S.C27H32N4O2S/c1-17(30-29-23-14-25(34-5)26(35-6)15-24(23)31-18(2)32-29)27-11-12-28(36-27)22-10-9-20(19-7-8-19)13-21(22)16-33(3)4;1-16-8-9-20(19(12-16)15-31(4)5)26-11-10-25(34-26)17(2)28-27-21-13-23(32-6)24(33-7)14-22(21)29-18(3)30-27/h9-15,17,19H,7-8,16H2,1-6H3,(H,30,31,32);8-14,17H,15H2,1-7H3,(H,28,29,30). The second-order valence-electron chi connectivity index (χ2n) is 18.7. The van der Waals surface area contributed by atoms with Gasteiger partial charge in [-0.1, -0.05) is 42.0 Å². The van der Waals surface area contributed by atoms with Crippen molar-refractivity contribution in [1.29, 1.82) is 0 Å². The van der Waals surface area contributed by atoms with Gasteiger partial charge in [0.25, 0.3) is 0 Å². The molecule has 8 aromatic rings. The van der Waals surface area contributed by atoms with Crippen LogP contribution in [-0.4, -0.2) is 86.4 Å². The van der Waals surface area contributed by atoms with Crippen LogP contribution in [0.2, 0.25) is 0 Å². The summed E-state index contributed by atoms with van der Waals surface area (Å²) in [6, 6.07) is 30.5. The fourth-order valence-electron chi connectivity index (χ4n) is 8.81. The Morgan fingerprint density at radius 1 is 0.543 bits per heavy atom. The number of thiophene rings is 2. The van der Waals surface area contributed by atoms with Gasteiger partial charge < -0.3 is 39.4 Å². The van der Waals surface area contributed by atoms with Gasteiger partial charge in [0.05, 0.1) is 51.6 Å². The highest BCUT2D eigenvalue weighted by Crippen LogP contribution is 2.44. The van der Waals surface area contributed by atoms with E-state index in [1.807, 2.05) is 60.8 Å². The molecule has 14 heteroatoms. The Balaban J connectivity index is 0.000000189. The van der Waals surface area contributed by atoms with E-state index < -0.39 is 0 Å². The second kappa shape index (κ2) is 21.8. The Morgan fingerprint density at radius 3 is 1.40 bits per heavy atom. The molecule has 12 nitrogen and oxygen atoms in total. The van der Waals surface area contributed by atoms with Crippen molar-refractivity contribution in [2.45, 2.75) is 78.6 Å². The Bertz CT molecular complexity index is 3130. The lowest BCUT2D eigenvalue weighted by atomic mass is 10.00. The molecule has 0 spiro atoms. The molecule has 1 fully saturated rings. The maximum atomic E-state index is 5.53. The molecular formula is C56H66N8O4S2. The van der Waals surface area contributed by atoms with E-state index in [-0.39, 0.29) is 12.1 Å². The van der Waals surface area contributed by atoms with Crippen LogP contribution >= 0.6 is 22.7 Å². The molecule has 0 bridgehead atoms. The van der Waals surface area contributed by atoms with Gasteiger partial charge in [0, 0.05) is 55.5 Å². The van der Waals surface area contributed by atoms with Gasteiger partial charge in [0.2, 0.25) is 0 Å². The van der Waals surface area contributed by atoms with E-state index in [0.717, 1.165) is 52.4 Å². The number of aryl methyl sites for hydroxylation is 3. The average Bonchev–Trinajstić information content (AvgIpc) is 3.85. The summed E-state index contributed by atoms with van der Waals surface area (Å²) in [6.07, 6.45) is 2.64. The summed E-state index contributed by atoms with van der Waals surface area (Å²) in [5.74, 6) is 6.38. The van der Waals surface area contributed by atoms with Crippen LogP contribution in [0, 0.1) is 20.8 Å². The number of nitrogens with one attached hydrogen (secondary N) is 2. The Kier molecular flexibility index (Phi) is 15.6. The lowest BCUT2D eigenvalue weighted by Crippen LogP contribution is -2.11. The summed E-state index contributed by atoms with van der Waals surface area (Å²) in [6.45, 7) is 12.1. The summed E-state index contributed by atoms with van der Waals surface area (Å²) < 4.78 is 22.0. The van der Waals surface area contributed by atoms with Crippen molar-refractivity contribution < 1.29 is 18.9 Å². The minimum Gasteiger partial charge on any atom is -0.493 e. The van der Waals surface area contributed by atoms with Crippen molar-refractivity contribution >= 4 is 56.1 Å². The van der Waals surface area contributed by atoms with E-state index in [1.54, 1.807) is 28.4 Å². The maximum Gasteiger partial charge on any atom is 0.162 e. The van der Waals surface area contributed by atoms with Crippen molar-refractivity contribution in [3.8, 4) is 43.9 Å². The number of nitrogens with zero attached hydrogens (tertiary/aromatic N) is 6. The van der Waals surface area contributed by atoms with Crippen molar-refractivity contribution in [1.82, 2.24) is 29.7 Å². The quantitative estimate of drug-likeness (QED) is 0.0904. The molecule has 9 rings (SSSR count). The Labute approximate surface area is 421 Å². The molecule has 2 unspecified atom stereocenters. The summed E-state index contributed by atoms with van der Waals surface area (Å²) in [4.78, 5) is 28.2. The van der Waals surface area contributed by atoms with Crippen molar-refractivity contribution in [3.05, 3.63) is 129 Å². The van der Waals surface area contributed by atoms with E-state index in [0.29, 0.717) is 34.6 Å². The minimum absolute atomic E-state index is 0.0760. The van der Waals surface area contributed by atoms with E-state index in [2.05, 4.69) is 140 Å². The van der Waals surface area contributed by atoms with Gasteiger partial charge in [-0.05, 0) is 146 Å². The first-order chi connectivity index (χ1) is 33.6. The molecule has 1 saturated carbocycles. The number of anilines is 2. The van der Waals surface area contributed by atoms with Crippen LogP contribution in [0.5, 0.6) is 23.0 Å². The van der Waals surface area contributed by atoms with Crippen LogP contribution in [0.15, 0.2) is 84.9 Å². The van der Waals surface area contributed by atoms with Gasteiger partial charge in [-0.25, -0.2) is 19.9 Å². The molecule has 2 atom stereocenters. The minimum atomic E-state index is 0.0760. The number of hydrogen-bond donors (Lipinski definition) is 2. The molecule has 70 heavy (non-hydrogen) atoms. The Morgan fingerprint density at radius 2 is 0.971 bits per heavy atom. The Hall–Kier alpha value is -6.32. The topological polar surface area (TPSA) is 119 Å². The molecule has 0 amide bonds. The third-order valence-electron chi connectivity index (χ3n) is 12.4. The second-order valence-corrected chi connectivity index (χ2v) is 20.9. The smallest absolute Gasteiger partial charge is 0.162 e. The normalized spacial score (nSPS) is 13.3. The number of ether oxygens (including phenoxy) is 4. The van der Waals surface area contributed by atoms with E-state index in [4.69, 9.17) is 28.9 Å². The SMILES string of the molecule is COc1cc2nc(C)nc(NC(C)c3ccc(-c4ccc(C)cc4CN(C)C)s3)c2cc1OC.COc1cc2nc(C)nc(NC(C)c3ccc(-c4ccc(C5CC5)cc4CN(C)C)s3)c2cc1OC. The van der Waals surface area contributed by atoms with Crippen LogP contribution in [0.25, 0.3) is 42.7 Å². The van der Waals surface area contributed by atoms with Gasteiger partial charge in [0.15, 0.2) is 23.0 Å². The predicted octanol–water partition coefficient (Wildman–Crippen LogP) is 13.0. The summed E-state index contributed by atoms with van der Waals surface area (Å²) in [7, 11) is 15.0. The van der Waals surface area contributed by atoms with Crippen molar-refractivity contribution in [3.63, 3.8) is 0 Å². The van der Waals surface area contributed by atoms with Gasteiger partial charge in [-0.2, -0.15) is 0 Å². The molecule has 4 aromatic heterocycles. The average molecular weight is 979 g/mol. The summed E-state index contributed by atoms with van der Waals surface area (Å²) >= 11 is 3.65. The number of benzene rings is 4. The number of rotatable bonds is 17. The van der Waals surface area contributed by atoms with Crippen LogP contribution in [0.1, 0.15) is 88.3 Å². The zero-order valence-electron chi connectivity index (χ0n) is 42.8. The zero-order chi connectivity index (χ0) is 49.8. The molecule has 1 aliphatic carbocycles. The first-order valence-corrected chi connectivity index (χ1v) is 25.3. The molecule has 4 heterocycles. The van der Waals surface area contributed by atoms with Crippen molar-refractivity contribution in [2.75, 3.05) is 67.3 Å². The first kappa shape index (κ1) is 50.1. The molecule has 0 aliphatic heterocycles. The fraction of sp³-hybridized carbons (Fsp3) is 0.357. The summed E-state index contributed by atoms with van der Waals surface area (Å²) in [5.41, 5.74) is 9.78. The molecule has 4 aromatic carbocycles. The van der Waals surface area contributed by atoms with Crippen molar-refractivity contribution in [2.24, 2.45) is 0 Å². The zero-order valence-corrected chi connectivity index (χ0v) is 44.4. The van der Waals surface area contributed by atoms with Crippen LogP contribution in [-0.2, 0) is 13.1 Å². The summed E-state index contributed by atoms with van der Waals surface area (Å²) in [5, 5.41) is 9.05. The van der Waals surface area contributed by atoms with E-state index in [1.165, 1.54) is 65.7 Å². The number of aromatic nitrogens is 4. The molecule has 2 N–H and O–H groups in total. The van der Waals surface area contributed by atoms with Crippen LogP contribution in [0.3, 0.4) is 0 Å². The van der Waals surface area contributed by atoms with E-state index in [9.17, 15) is 0 Å². The van der Waals surface area contributed by atoms with Gasteiger partial charge in [-0.3, -0.25) is 0 Å². The number of hydrogen-bond acceptors (Lipinski definition) is 14. The lowest BCUT2D eigenvalue weighted by molar-refractivity contribution is 0.356. The molecule has 0 radical (unpaired) electrons. The third kappa shape index (κ3) is 11.5. The van der Waals surface area contributed by atoms with Gasteiger partial charge in [0.1, 0.15) is 23.3 Å². The highest BCUT2D eigenvalue weighted by atomic mass is 32.1. The molecule has 0 saturated heterocycles. The highest BCUT2D eigenvalue weighted by molar-refractivity contribution is 7.16. The number of methoxy groups -OCH3 is 4. The van der Waals surface area contributed by atoms with E-state index >= 15 is 0 Å². The van der Waals surface area contributed by atoms with Gasteiger partial charge >= 0.3 is 0 Å². The molecular weight excluding hydrogens is 913 g/mol. The molecule has 366 valence electrons. The predicted molar refractivity (Wildman–Crippen MR) is 290 cm³/mol. The van der Waals surface area contributed by atoms with Gasteiger partial charge in [-0.15, -0.1) is 22.7 Å². The van der Waals surface area contributed by atoms with Crippen LogP contribution in [0.4, 0.5) is 11.6 Å². The largest absolute Gasteiger partial charge is 0.493 e. The third-order valence-corrected chi connectivity index (χ3v) is 15.0.